The van der Waals surface area contributed by atoms with E-state index in [-0.39, 0.29) is 5.78 Å². The first-order chi connectivity index (χ1) is 8.25. The monoisotopic (exact) mass is 235 g/mol. The number of ketones is 1. The number of hydrogen-bond donors (Lipinski definition) is 1. The van der Waals surface area contributed by atoms with Gasteiger partial charge >= 0.3 is 0 Å². The normalized spacial score (nSPS) is 12.8. The third-order valence-electron chi connectivity index (χ3n) is 2.65. The minimum Gasteiger partial charge on any atom is -0.454 e. The molecule has 4 nitrogen and oxygen atoms in total. The number of fused-ring (bicyclic) bond motifs is 1. The molecule has 1 heterocycles. The number of carbonyl (C=O) groups excluding carboxylic acids is 1. The van der Waals surface area contributed by atoms with Crippen LogP contribution in [0.15, 0.2) is 18.2 Å². The van der Waals surface area contributed by atoms with E-state index in [1.165, 1.54) is 0 Å². The fourth-order valence-electron chi connectivity index (χ4n) is 1.75. The number of nitrogens with one attached hydrogen (secondary N) is 1. The molecule has 1 N–H and O–H groups in total. The average Bonchev–Trinajstić information content (AvgIpc) is 2.75. The molecule has 0 saturated heterocycles. The van der Waals surface area contributed by atoms with E-state index < -0.39 is 0 Å². The number of hydrogen-bond acceptors (Lipinski definition) is 4. The highest BCUT2D eigenvalue weighted by Crippen LogP contribution is 2.32. The van der Waals surface area contributed by atoms with Crippen LogP contribution in [0.5, 0.6) is 11.5 Å². The van der Waals surface area contributed by atoms with Crippen LogP contribution in [0, 0.1) is 0 Å². The van der Waals surface area contributed by atoms with Crippen molar-refractivity contribution in [3.8, 4) is 11.5 Å². The van der Waals surface area contributed by atoms with Gasteiger partial charge in [0.15, 0.2) is 11.5 Å². The van der Waals surface area contributed by atoms with Crippen LogP contribution in [0.3, 0.4) is 0 Å². The van der Waals surface area contributed by atoms with E-state index in [4.69, 9.17) is 9.47 Å². The highest BCUT2D eigenvalue weighted by molar-refractivity contribution is 5.75. The summed E-state index contributed by atoms with van der Waals surface area (Å²) in [5.74, 6) is 1.87. The third-order valence-corrected chi connectivity index (χ3v) is 2.65. The molecule has 0 unspecified atom stereocenters. The summed E-state index contributed by atoms with van der Waals surface area (Å²) in [6.07, 6.45) is 1.54. The number of carbonyl (C=O) groups is 1. The zero-order valence-electron chi connectivity index (χ0n) is 9.99. The van der Waals surface area contributed by atoms with E-state index in [2.05, 4.69) is 5.32 Å². The number of Topliss-reactive ketones (excluding diaryl/α,β-unsaturated/α-hetero) is 1. The Morgan fingerprint density at radius 2 is 2.18 bits per heavy atom. The first-order valence-corrected chi connectivity index (χ1v) is 5.84. The van der Waals surface area contributed by atoms with Crippen molar-refractivity contribution in [3.05, 3.63) is 23.8 Å². The molecule has 1 aliphatic heterocycles. The van der Waals surface area contributed by atoms with Gasteiger partial charge in [-0.1, -0.05) is 6.07 Å². The maximum atomic E-state index is 10.7. The summed E-state index contributed by atoms with van der Waals surface area (Å²) < 4.78 is 10.5. The van der Waals surface area contributed by atoms with Crippen molar-refractivity contribution < 1.29 is 14.3 Å². The zero-order valence-corrected chi connectivity index (χ0v) is 9.99. The average molecular weight is 235 g/mol. The number of benzene rings is 1. The Balaban J connectivity index is 1.74. The molecule has 1 aromatic rings. The molecular weight excluding hydrogens is 218 g/mol. The van der Waals surface area contributed by atoms with Gasteiger partial charge in [-0.3, -0.25) is 0 Å². The lowest BCUT2D eigenvalue weighted by atomic mass is 10.2. The molecule has 0 saturated carbocycles. The first kappa shape index (κ1) is 11.9. The van der Waals surface area contributed by atoms with E-state index in [9.17, 15) is 4.79 Å². The molecule has 17 heavy (non-hydrogen) atoms. The zero-order chi connectivity index (χ0) is 12.1. The molecule has 0 atom stereocenters. The lowest BCUT2D eigenvalue weighted by Crippen LogP contribution is -2.15. The summed E-state index contributed by atoms with van der Waals surface area (Å²) in [7, 11) is 0. The standard InChI is InChI=1S/C13H17NO3/c1-10(15)3-2-6-14-8-11-4-5-12-13(7-11)17-9-16-12/h4-5,7,14H,2-3,6,8-9H2,1H3. The first-order valence-electron chi connectivity index (χ1n) is 5.84. The van der Waals surface area contributed by atoms with Gasteiger partial charge in [0.05, 0.1) is 0 Å². The molecule has 0 fully saturated rings. The van der Waals surface area contributed by atoms with E-state index in [0.29, 0.717) is 13.2 Å². The lowest BCUT2D eigenvalue weighted by Gasteiger charge is -2.05. The van der Waals surface area contributed by atoms with Gasteiger partial charge in [0.2, 0.25) is 6.79 Å². The van der Waals surface area contributed by atoms with Crippen molar-refractivity contribution in [1.29, 1.82) is 0 Å². The number of rotatable bonds is 6. The quantitative estimate of drug-likeness (QED) is 0.765. The second kappa shape index (κ2) is 5.68. The molecule has 4 heteroatoms. The topological polar surface area (TPSA) is 47.6 Å². The fraction of sp³-hybridized carbons (Fsp3) is 0.462. The van der Waals surface area contributed by atoms with Crippen LogP contribution in [0.4, 0.5) is 0 Å². The Hall–Kier alpha value is -1.55. The molecule has 0 aliphatic carbocycles. The lowest BCUT2D eigenvalue weighted by molar-refractivity contribution is -0.117. The van der Waals surface area contributed by atoms with Gasteiger partial charge in [-0.25, -0.2) is 0 Å². The predicted molar refractivity (Wildman–Crippen MR) is 64.2 cm³/mol. The third kappa shape index (κ3) is 3.46. The van der Waals surface area contributed by atoms with Crippen molar-refractivity contribution >= 4 is 5.78 Å². The van der Waals surface area contributed by atoms with Gasteiger partial charge < -0.3 is 19.6 Å². The molecule has 92 valence electrons. The van der Waals surface area contributed by atoms with Crippen LogP contribution in [0.1, 0.15) is 25.3 Å². The second-order valence-corrected chi connectivity index (χ2v) is 4.17. The van der Waals surface area contributed by atoms with E-state index in [0.717, 1.165) is 36.6 Å². The van der Waals surface area contributed by atoms with Crippen molar-refractivity contribution in [1.82, 2.24) is 5.32 Å². The SMILES string of the molecule is CC(=O)CCCNCc1ccc2c(c1)OCO2. The molecule has 0 radical (unpaired) electrons. The van der Waals surface area contributed by atoms with Crippen molar-refractivity contribution in [3.63, 3.8) is 0 Å². The van der Waals surface area contributed by atoms with Gasteiger partial charge in [0.1, 0.15) is 5.78 Å². The summed E-state index contributed by atoms with van der Waals surface area (Å²) >= 11 is 0. The van der Waals surface area contributed by atoms with Crippen LogP contribution in [0.2, 0.25) is 0 Å². The maximum Gasteiger partial charge on any atom is 0.231 e. The summed E-state index contributed by atoms with van der Waals surface area (Å²) in [6.45, 7) is 3.57. The fourth-order valence-corrected chi connectivity index (χ4v) is 1.75. The molecule has 0 spiro atoms. The predicted octanol–water partition coefficient (Wildman–Crippen LogP) is 1.87. The molecule has 1 aromatic carbocycles. The summed E-state index contributed by atoms with van der Waals surface area (Å²) in [4.78, 5) is 10.7. The Bertz CT molecular complexity index is 404. The maximum absolute atomic E-state index is 10.7. The van der Waals surface area contributed by atoms with Gasteiger partial charge in [-0.2, -0.15) is 0 Å². The van der Waals surface area contributed by atoms with Gasteiger partial charge in [0.25, 0.3) is 0 Å². The van der Waals surface area contributed by atoms with Crippen LogP contribution in [0.25, 0.3) is 0 Å². The van der Waals surface area contributed by atoms with E-state index >= 15 is 0 Å². The Morgan fingerprint density at radius 1 is 1.35 bits per heavy atom. The minimum absolute atomic E-state index is 0.245. The van der Waals surface area contributed by atoms with E-state index in [1.54, 1.807) is 6.92 Å². The summed E-state index contributed by atoms with van der Waals surface area (Å²) in [6, 6.07) is 5.93. The van der Waals surface area contributed by atoms with Gasteiger partial charge in [0, 0.05) is 13.0 Å². The van der Waals surface area contributed by atoms with Crippen LogP contribution in [-0.4, -0.2) is 19.1 Å². The van der Waals surface area contributed by atoms with Crippen molar-refractivity contribution in [2.45, 2.75) is 26.3 Å². The molecule has 2 rings (SSSR count). The molecular formula is C13H17NO3. The summed E-state index contributed by atoms with van der Waals surface area (Å²) in [5.41, 5.74) is 1.16. The van der Waals surface area contributed by atoms with Gasteiger partial charge in [-0.05, 0) is 37.6 Å². The smallest absolute Gasteiger partial charge is 0.231 e. The number of ether oxygens (including phenoxy) is 2. The van der Waals surface area contributed by atoms with Crippen LogP contribution in [-0.2, 0) is 11.3 Å². The van der Waals surface area contributed by atoms with Gasteiger partial charge in [-0.15, -0.1) is 0 Å². The highest BCUT2D eigenvalue weighted by atomic mass is 16.7. The molecule has 0 amide bonds. The molecule has 0 bridgehead atoms. The van der Waals surface area contributed by atoms with Crippen molar-refractivity contribution in [2.75, 3.05) is 13.3 Å². The molecule has 0 aromatic heterocycles. The Labute approximate surface area is 101 Å². The van der Waals surface area contributed by atoms with E-state index in [1.807, 2.05) is 18.2 Å². The largest absolute Gasteiger partial charge is 0.454 e. The van der Waals surface area contributed by atoms with Crippen molar-refractivity contribution in [2.24, 2.45) is 0 Å². The second-order valence-electron chi connectivity index (χ2n) is 4.17. The van der Waals surface area contributed by atoms with Crippen LogP contribution >= 0.6 is 0 Å². The summed E-state index contributed by atoms with van der Waals surface area (Å²) in [5, 5.41) is 3.30. The Morgan fingerprint density at radius 3 is 3.00 bits per heavy atom. The minimum atomic E-state index is 0.245. The molecule has 1 aliphatic rings. The Kier molecular flexibility index (Phi) is 3.98. The highest BCUT2D eigenvalue weighted by Gasteiger charge is 2.12. The van der Waals surface area contributed by atoms with Crippen LogP contribution < -0.4 is 14.8 Å².